The van der Waals surface area contributed by atoms with Gasteiger partial charge >= 0.3 is 37.9 Å². The van der Waals surface area contributed by atoms with Gasteiger partial charge in [0, 0.05) is 9.52 Å². The summed E-state index contributed by atoms with van der Waals surface area (Å²) < 4.78 is 0. The fourth-order valence-electron chi connectivity index (χ4n) is 15.9. The van der Waals surface area contributed by atoms with E-state index < -0.39 is 20.8 Å². The van der Waals surface area contributed by atoms with E-state index in [1.807, 2.05) is 0 Å². The first-order valence-electron chi connectivity index (χ1n) is 25.2. The minimum absolute atomic E-state index is 0.613. The summed E-state index contributed by atoms with van der Waals surface area (Å²) in [5.41, 5.74) is 9.84. The van der Waals surface area contributed by atoms with E-state index in [0.29, 0.717) is 10.8 Å². The zero-order valence-corrected chi connectivity index (χ0v) is 43.9. The van der Waals surface area contributed by atoms with Crippen molar-refractivity contribution in [2.75, 3.05) is 0 Å². The van der Waals surface area contributed by atoms with Crippen LogP contribution in [-0.4, -0.2) is 9.52 Å². The number of fused-ring (bicyclic) bond motifs is 4. The third-order valence-corrected chi connectivity index (χ3v) is 17.2. The van der Waals surface area contributed by atoms with E-state index in [9.17, 15) is 0 Å². The topological polar surface area (TPSA) is 0 Å². The van der Waals surface area contributed by atoms with Crippen molar-refractivity contribution in [3.63, 3.8) is 0 Å². The Kier molecular flexibility index (Phi) is 13.2. The van der Waals surface area contributed by atoms with Crippen LogP contribution in [0.1, 0.15) is 88.2 Å². The van der Waals surface area contributed by atoms with Crippen molar-refractivity contribution >= 4 is 69.6 Å². The molecule has 8 aromatic carbocycles. The molecule has 0 amide bonds. The molecule has 0 saturated heterocycles. The maximum atomic E-state index is 4.93. The van der Waals surface area contributed by atoms with Gasteiger partial charge < -0.3 is 0 Å². The third-order valence-electron chi connectivity index (χ3n) is 17.2. The maximum Gasteiger partial charge on any atom is -0.0178 e. The number of hydrogen-bond acceptors (Lipinski definition) is 0. The molecule has 0 atom stereocenters. The first-order chi connectivity index (χ1) is 32.3. The molecule has 0 heterocycles. The molecule has 4 heteroatoms. The van der Waals surface area contributed by atoms with Crippen LogP contribution in [0.3, 0.4) is 0 Å². The van der Waals surface area contributed by atoms with Gasteiger partial charge in [0.15, 0.2) is 0 Å². The molecule has 2 radical (unpaired) electrons. The van der Waals surface area contributed by atoms with Gasteiger partial charge in [0.25, 0.3) is 0 Å². The Morgan fingerprint density at radius 1 is 0.455 bits per heavy atom. The van der Waals surface area contributed by atoms with Crippen molar-refractivity contribution in [2.24, 2.45) is 46.3 Å². The molecule has 8 bridgehead atoms. The third kappa shape index (κ3) is 9.29. The van der Waals surface area contributed by atoms with Gasteiger partial charge in [0.05, 0.1) is 0 Å². The first-order valence-corrected chi connectivity index (χ1v) is 33.5. The molecule has 0 unspecified atom stereocenters. The van der Waals surface area contributed by atoms with E-state index in [2.05, 4.69) is 159 Å². The molecule has 66 heavy (non-hydrogen) atoms. The van der Waals surface area contributed by atoms with Gasteiger partial charge in [-0.25, -0.2) is 0 Å². The average Bonchev–Trinajstić information content (AvgIpc) is 3.91. The summed E-state index contributed by atoms with van der Waals surface area (Å²) in [6, 6.07) is 55.0. The number of benzene rings is 6. The molecule has 8 saturated carbocycles. The van der Waals surface area contributed by atoms with Crippen molar-refractivity contribution in [1.82, 2.24) is 0 Å². The summed E-state index contributed by atoms with van der Waals surface area (Å²) in [6.07, 6.45) is 20.8. The Bertz CT molecular complexity index is 2700. The van der Waals surface area contributed by atoms with Gasteiger partial charge in [-0.3, -0.25) is 0 Å². The molecule has 8 aromatic rings. The second-order valence-electron chi connectivity index (χ2n) is 22.2. The Morgan fingerprint density at radius 3 is 1.14 bits per heavy atom. The van der Waals surface area contributed by atoms with E-state index in [4.69, 9.17) is 17.0 Å². The van der Waals surface area contributed by atoms with Crippen molar-refractivity contribution < 1.29 is 20.8 Å². The van der Waals surface area contributed by atoms with Crippen LogP contribution in [0.4, 0.5) is 0 Å². The van der Waals surface area contributed by atoms with Gasteiger partial charge in [-0.05, 0) is 181 Å². The van der Waals surface area contributed by atoms with Crippen LogP contribution >= 0.6 is 17.0 Å². The Balaban J connectivity index is 0.000000131. The van der Waals surface area contributed by atoms with Crippen LogP contribution in [0.5, 0.6) is 0 Å². The molecular formula is C62H64Cl2SiZr. The normalized spacial score (nSPS) is 27.5. The van der Waals surface area contributed by atoms with Crippen LogP contribution in [0.25, 0.3) is 65.3 Å². The fraction of sp³-hybridized carbons (Fsp3) is 0.387. The van der Waals surface area contributed by atoms with Crippen molar-refractivity contribution in [3.8, 4) is 22.3 Å². The van der Waals surface area contributed by atoms with E-state index in [-0.39, 0.29) is 0 Å². The SMILES string of the molecule is C[Si]C.[Cl][Zr+2][Cl].c1ccc2cc(-c3cccc4[cH-]c(CC56CC7CC(CC(C7)C5)C6)cc34)ccc2c1.c1ccc2cc(-c3cccc4[cH-]c(CC56CC7CC(CC(C7)C5)C6)cc34)ccc2c1. The molecule has 0 aromatic heterocycles. The average molecular weight is 999 g/mol. The molecule has 0 N–H and O–H groups in total. The summed E-state index contributed by atoms with van der Waals surface area (Å²) >= 11 is -0.826. The van der Waals surface area contributed by atoms with E-state index in [0.717, 1.165) is 45.0 Å². The Labute approximate surface area is 415 Å². The second kappa shape index (κ2) is 19.3. The first kappa shape index (κ1) is 45.2. The van der Waals surface area contributed by atoms with Crippen molar-refractivity contribution in [1.29, 1.82) is 0 Å². The number of rotatable bonds is 6. The standard InChI is InChI=1S/2C30H29.C2H6Si.2ClH.Zr/c2*1-2-5-25-15-27(9-8-24(25)4-1)28-7-3-6-26-13-23(14-29(26)28)19-30-16-20-10-21(17-30)12-22(11-20)18-30;1-3-2;;;/h2*1-9,13-15,20-22H,10-12,16-19H2;1-2H3;2*1H;/q2*-1;;;;+4/p-2. The van der Waals surface area contributed by atoms with Gasteiger partial charge in [0.2, 0.25) is 0 Å². The largest absolute Gasteiger partial charge is 0.164 e. The van der Waals surface area contributed by atoms with Crippen molar-refractivity contribution in [3.05, 3.63) is 157 Å². The van der Waals surface area contributed by atoms with E-state index in [1.54, 1.807) is 11.1 Å². The predicted octanol–water partition coefficient (Wildman–Crippen LogP) is 18.4. The fourth-order valence-corrected chi connectivity index (χ4v) is 15.9. The van der Waals surface area contributed by atoms with Crippen LogP contribution < -0.4 is 0 Å². The molecule has 0 aliphatic heterocycles. The molecular weight excluding hydrogens is 935 g/mol. The number of hydrogen-bond donors (Lipinski definition) is 0. The Hall–Kier alpha value is -3.26. The zero-order chi connectivity index (χ0) is 44.8. The summed E-state index contributed by atoms with van der Waals surface area (Å²) in [5, 5.41) is 11.0. The minimum Gasteiger partial charge on any atom is -0.164 e. The summed E-state index contributed by atoms with van der Waals surface area (Å²) in [7, 11) is 11.0. The summed E-state index contributed by atoms with van der Waals surface area (Å²) in [5.74, 6) is 6.22. The predicted molar refractivity (Wildman–Crippen MR) is 283 cm³/mol. The molecule has 0 spiro atoms. The van der Waals surface area contributed by atoms with Crippen LogP contribution in [0.15, 0.2) is 146 Å². The monoisotopic (exact) mass is 996 g/mol. The number of halogens is 2. The van der Waals surface area contributed by atoms with E-state index in [1.165, 1.54) is 155 Å². The molecule has 334 valence electrons. The maximum absolute atomic E-state index is 4.93. The van der Waals surface area contributed by atoms with Crippen LogP contribution in [0.2, 0.25) is 13.1 Å². The minimum atomic E-state index is -0.826. The van der Waals surface area contributed by atoms with Gasteiger partial charge in [0.1, 0.15) is 0 Å². The zero-order valence-electron chi connectivity index (χ0n) is 39.0. The van der Waals surface area contributed by atoms with Crippen LogP contribution in [0, 0.1) is 46.3 Å². The van der Waals surface area contributed by atoms with Crippen LogP contribution in [-0.2, 0) is 33.7 Å². The quantitative estimate of drug-likeness (QED) is 0.115. The summed E-state index contributed by atoms with van der Waals surface area (Å²) in [4.78, 5) is 0. The smallest absolute Gasteiger partial charge is 0.0178 e. The molecule has 16 rings (SSSR count). The summed E-state index contributed by atoms with van der Waals surface area (Å²) in [6.45, 7) is 4.31. The molecule has 8 aliphatic carbocycles. The van der Waals surface area contributed by atoms with Gasteiger partial charge in [-0.2, -0.15) is 12.1 Å². The molecule has 0 nitrogen and oxygen atoms in total. The molecule has 8 fully saturated rings. The second-order valence-corrected chi connectivity index (χ2v) is 27.0. The van der Waals surface area contributed by atoms with Gasteiger partial charge in [-0.1, -0.05) is 109 Å². The Morgan fingerprint density at radius 2 is 0.788 bits per heavy atom. The van der Waals surface area contributed by atoms with Crippen molar-refractivity contribution in [2.45, 2.75) is 103 Å². The van der Waals surface area contributed by atoms with E-state index >= 15 is 0 Å². The molecule has 8 aliphatic rings. The van der Waals surface area contributed by atoms with Gasteiger partial charge in [-0.15, -0.1) is 69.1 Å².